The first-order valence-electron chi connectivity index (χ1n) is 7.84. The molecular formula is C18H20BrN3O. The third-order valence-corrected chi connectivity index (χ3v) is 4.59. The standard InChI is InChI=1S/C18H20BrN3O/c19-17-5-1-3-15(11-17)12-18(23)22-9-7-21(8-10-22)14-16-4-2-6-20-13-16/h1-6,11,13H,7-10,12,14H2. The van der Waals surface area contributed by atoms with E-state index in [1.165, 1.54) is 5.56 Å². The third-order valence-electron chi connectivity index (χ3n) is 4.10. The summed E-state index contributed by atoms with van der Waals surface area (Å²) in [6, 6.07) is 12.0. The zero-order valence-corrected chi connectivity index (χ0v) is 14.6. The van der Waals surface area contributed by atoms with E-state index in [4.69, 9.17) is 0 Å². The van der Waals surface area contributed by atoms with Gasteiger partial charge in [-0.2, -0.15) is 0 Å². The molecular weight excluding hydrogens is 354 g/mol. The fraction of sp³-hybridized carbons (Fsp3) is 0.333. The number of halogens is 1. The van der Waals surface area contributed by atoms with E-state index in [2.05, 4.69) is 31.9 Å². The van der Waals surface area contributed by atoms with Crippen molar-refractivity contribution in [1.82, 2.24) is 14.8 Å². The summed E-state index contributed by atoms with van der Waals surface area (Å²) in [4.78, 5) is 20.9. The second-order valence-electron chi connectivity index (χ2n) is 5.82. The van der Waals surface area contributed by atoms with Crippen molar-refractivity contribution in [2.75, 3.05) is 26.2 Å². The maximum Gasteiger partial charge on any atom is 0.227 e. The first-order chi connectivity index (χ1) is 11.2. The summed E-state index contributed by atoms with van der Waals surface area (Å²) >= 11 is 3.45. The van der Waals surface area contributed by atoms with Gasteiger partial charge in [0.1, 0.15) is 0 Å². The number of nitrogens with zero attached hydrogens (tertiary/aromatic N) is 3. The quantitative estimate of drug-likeness (QED) is 0.826. The van der Waals surface area contributed by atoms with Gasteiger partial charge in [0.2, 0.25) is 5.91 Å². The predicted molar refractivity (Wildman–Crippen MR) is 93.9 cm³/mol. The molecule has 1 fully saturated rings. The molecule has 1 aliphatic heterocycles. The molecule has 0 spiro atoms. The van der Waals surface area contributed by atoms with Gasteiger partial charge >= 0.3 is 0 Å². The van der Waals surface area contributed by atoms with Crippen molar-refractivity contribution in [3.8, 4) is 0 Å². The Labute approximate surface area is 145 Å². The van der Waals surface area contributed by atoms with Crippen molar-refractivity contribution in [2.24, 2.45) is 0 Å². The molecule has 0 atom stereocenters. The molecule has 0 saturated carbocycles. The average molecular weight is 374 g/mol. The Morgan fingerprint density at radius 3 is 2.57 bits per heavy atom. The van der Waals surface area contributed by atoms with Gasteiger partial charge in [0.25, 0.3) is 0 Å². The summed E-state index contributed by atoms with van der Waals surface area (Å²) in [5, 5.41) is 0. The predicted octanol–water partition coefficient (Wildman–Crippen LogP) is 2.73. The third kappa shape index (κ3) is 4.62. The van der Waals surface area contributed by atoms with Crippen molar-refractivity contribution in [3.63, 3.8) is 0 Å². The van der Waals surface area contributed by atoms with Crippen molar-refractivity contribution in [3.05, 3.63) is 64.4 Å². The lowest BCUT2D eigenvalue weighted by Gasteiger charge is -2.34. The van der Waals surface area contributed by atoms with E-state index in [0.717, 1.165) is 42.8 Å². The van der Waals surface area contributed by atoms with Crippen molar-refractivity contribution in [2.45, 2.75) is 13.0 Å². The number of pyridine rings is 1. The highest BCUT2D eigenvalue weighted by Crippen LogP contribution is 2.14. The van der Waals surface area contributed by atoms with Crippen LogP contribution in [0.3, 0.4) is 0 Å². The van der Waals surface area contributed by atoms with Crippen LogP contribution in [0.2, 0.25) is 0 Å². The lowest BCUT2D eigenvalue weighted by molar-refractivity contribution is -0.132. The Morgan fingerprint density at radius 2 is 1.87 bits per heavy atom. The molecule has 4 nitrogen and oxygen atoms in total. The molecule has 0 unspecified atom stereocenters. The van der Waals surface area contributed by atoms with Gasteiger partial charge in [0.05, 0.1) is 6.42 Å². The van der Waals surface area contributed by atoms with Crippen LogP contribution in [0.5, 0.6) is 0 Å². The molecule has 0 bridgehead atoms. The van der Waals surface area contributed by atoms with Crippen LogP contribution in [-0.4, -0.2) is 46.9 Å². The first-order valence-corrected chi connectivity index (χ1v) is 8.63. The molecule has 3 rings (SSSR count). The Hall–Kier alpha value is -1.72. The fourth-order valence-electron chi connectivity index (χ4n) is 2.84. The summed E-state index contributed by atoms with van der Waals surface area (Å²) in [7, 11) is 0. The smallest absolute Gasteiger partial charge is 0.227 e. The lowest BCUT2D eigenvalue weighted by atomic mass is 10.1. The van der Waals surface area contributed by atoms with Gasteiger partial charge in [-0.3, -0.25) is 14.7 Å². The number of amides is 1. The number of piperazine rings is 1. The second-order valence-corrected chi connectivity index (χ2v) is 6.74. The maximum atomic E-state index is 12.4. The topological polar surface area (TPSA) is 36.4 Å². The van der Waals surface area contributed by atoms with E-state index in [-0.39, 0.29) is 5.91 Å². The summed E-state index contributed by atoms with van der Waals surface area (Å²) in [5.41, 5.74) is 2.28. The fourth-order valence-corrected chi connectivity index (χ4v) is 3.29. The molecule has 1 amide bonds. The van der Waals surface area contributed by atoms with Gasteiger partial charge in [0, 0.05) is 49.6 Å². The van der Waals surface area contributed by atoms with E-state index < -0.39 is 0 Å². The molecule has 0 aliphatic carbocycles. The molecule has 0 N–H and O–H groups in total. The van der Waals surface area contributed by atoms with E-state index >= 15 is 0 Å². The number of hydrogen-bond donors (Lipinski definition) is 0. The number of benzene rings is 1. The van der Waals surface area contributed by atoms with Crippen molar-refractivity contribution in [1.29, 1.82) is 0 Å². The van der Waals surface area contributed by atoms with E-state index in [1.54, 1.807) is 6.20 Å². The van der Waals surface area contributed by atoms with Gasteiger partial charge in [-0.25, -0.2) is 0 Å². The van der Waals surface area contributed by atoms with Gasteiger partial charge in [-0.1, -0.05) is 34.1 Å². The van der Waals surface area contributed by atoms with Crippen LogP contribution in [0.15, 0.2) is 53.3 Å². The van der Waals surface area contributed by atoms with Crippen LogP contribution in [0.25, 0.3) is 0 Å². The second kappa shape index (κ2) is 7.70. The molecule has 1 aromatic heterocycles. The lowest BCUT2D eigenvalue weighted by Crippen LogP contribution is -2.48. The minimum Gasteiger partial charge on any atom is -0.340 e. The molecule has 1 aliphatic rings. The minimum absolute atomic E-state index is 0.212. The van der Waals surface area contributed by atoms with E-state index in [1.807, 2.05) is 41.4 Å². The zero-order chi connectivity index (χ0) is 16.1. The normalized spacial score (nSPS) is 15.6. The largest absolute Gasteiger partial charge is 0.340 e. The molecule has 1 aromatic carbocycles. The van der Waals surface area contributed by atoms with E-state index in [9.17, 15) is 4.79 Å². The summed E-state index contributed by atoms with van der Waals surface area (Å²) in [6.07, 6.45) is 4.18. The summed E-state index contributed by atoms with van der Waals surface area (Å²) in [6.45, 7) is 4.33. The van der Waals surface area contributed by atoms with Crippen LogP contribution in [-0.2, 0) is 17.8 Å². The van der Waals surface area contributed by atoms with Gasteiger partial charge in [-0.15, -0.1) is 0 Å². The minimum atomic E-state index is 0.212. The molecule has 120 valence electrons. The van der Waals surface area contributed by atoms with Crippen LogP contribution >= 0.6 is 15.9 Å². The Bertz CT molecular complexity index is 654. The maximum absolute atomic E-state index is 12.4. The average Bonchev–Trinajstić information content (AvgIpc) is 2.56. The van der Waals surface area contributed by atoms with Crippen LogP contribution < -0.4 is 0 Å². The summed E-state index contributed by atoms with van der Waals surface area (Å²) < 4.78 is 1.02. The molecule has 2 heterocycles. The number of carbonyl (C=O) groups excluding carboxylic acids is 1. The van der Waals surface area contributed by atoms with Crippen molar-refractivity contribution >= 4 is 21.8 Å². The monoisotopic (exact) mass is 373 g/mol. The highest BCUT2D eigenvalue weighted by Gasteiger charge is 2.21. The number of hydrogen-bond acceptors (Lipinski definition) is 3. The van der Waals surface area contributed by atoms with Gasteiger partial charge in [0.15, 0.2) is 0 Å². The molecule has 5 heteroatoms. The number of rotatable bonds is 4. The molecule has 2 aromatic rings. The summed E-state index contributed by atoms with van der Waals surface area (Å²) in [5.74, 6) is 0.212. The van der Waals surface area contributed by atoms with Crippen LogP contribution in [0.1, 0.15) is 11.1 Å². The van der Waals surface area contributed by atoms with Crippen LogP contribution in [0.4, 0.5) is 0 Å². The molecule has 23 heavy (non-hydrogen) atoms. The Morgan fingerprint density at radius 1 is 1.09 bits per heavy atom. The van der Waals surface area contributed by atoms with Gasteiger partial charge < -0.3 is 4.90 Å². The zero-order valence-electron chi connectivity index (χ0n) is 13.0. The highest BCUT2D eigenvalue weighted by molar-refractivity contribution is 9.10. The highest BCUT2D eigenvalue weighted by atomic mass is 79.9. The van der Waals surface area contributed by atoms with Gasteiger partial charge in [-0.05, 0) is 29.3 Å². The number of aromatic nitrogens is 1. The van der Waals surface area contributed by atoms with E-state index in [0.29, 0.717) is 6.42 Å². The molecule has 1 saturated heterocycles. The number of carbonyl (C=O) groups is 1. The Balaban J connectivity index is 1.49. The first kappa shape index (κ1) is 16.1. The Kier molecular flexibility index (Phi) is 5.41. The van der Waals surface area contributed by atoms with Crippen molar-refractivity contribution < 1.29 is 4.79 Å². The van der Waals surface area contributed by atoms with Crippen LogP contribution in [0, 0.1) is 0 Å². The SMILES string of the molecule is O=C(Cc1cccc(Br)c1)N1CCN(Cc2cccnc2)CC1. The molecule has 0 radical (unpaired) electrons.